The van der Waals surface area contributed by atoms with E-state index < -0.39 is 12.0 Å². The molecular formula is C26H20ClN3O3S. The summed E-state index contributed by atoms with van der Waals surface area (Å²) in [5, 5.41) is 16.9. The van der Waals surface area contributed by atoms with Gasteiger partial charge in [0.15, 0.2) is 0 Å². The number of urea groups is 1. The summed E-state index contributed by atoms with van der Waals surface area (Å²) < 4.78 is 3.22. The van der Waals surface area contributed by atoms with Crippen molar-refractivity contribution < 1.29 is 14.7 Å². The Morgan fingerprint density at radius 1 is 1.03 bits per heavy atom. The number of hydrogen-bond acceptors (Lipinski definition) is 3. The maximum atomic E-state index is 11.5. The standard InChI is InChI=1S/C26H20ClN3O3S/c27-18-6-8-24-21(11-18)17(14-34-24)13-30-12-16(10-25(31)32)20-7-5-15(9-23(20)30)19-3-1-2-4-22(19)29-26(28)33/h1-9,11-12,14H,10,13H2,(H,31,32)(H3,28,29,33). The van der Waals surface area contributed by atoms with Crippen LogP contribution in [-0.2, 0) is 17.8 Å². The number of primary amides is 1. The number of carbonyl (C=O) groups excluding carboxylic acids is 1. The van der Waals surface area contributed by atoms with Gasteiger partial charge in [-0.15, -0.1) is 11.3 Å². The van der Waals surface area contributed by atoms with Gasteiger partial charge in [-0.1, -0.05) is 41.9 Å². The number of anilines is 1. The first-order chi connectivity index (χ1) is 16.4. The van der Waals surface area contributed by atoms with Gasteiger partial charge in [-0.3, -0.25) is 4.79 Å². The van der Waals surface area contributed by atoms with Crippen molar-refractivity contribution >= 4 is 61.6 Å². The monoisotopic (exact) mass is 489 g/mol. The zero-order valence-corrected chi connectivity index (χ0v) is 19.5. The summed E-state index contributed by atoms with van der Waals surface area (Å²) >= 11 is 7.89. The minimum absolute atomic E-state index is 0.0706. The summed E-state index contributed by atoms with van der Waals surface area (Å²) in [6.07, 6.45) is 1.84. The summed E-state index contributed by atoms with van der Waals surface area (Å²) in [4.78, 5) is 23.0. The summed E-state index contributed by atoms with van der Waals surface area (Å²) in [5.41, 5.74) is 10.4. The Morgan fingerprint density at radius 3 is 2.65 bits per heavy atom. The molecule has 0 saturated heterocycles. The van der Waals surface area contributed by atoms with Crippen LogP contribution in [0.3, 0.4) is 0 Å². The molecule has 170 valence electrons. The normalized spacial score (nSPS) is 11.2. The zero-order valence-electron chi connectivity index (χ0n) is 17.9. The smallest absolute Gasteiger partial charge is 0.316 e. The van der Waals surface area contributed by atoms with Gasteiger partial charge >= 0.3 is 12.0 Å². The number of rotatable bonds is 6. The molecule has 0 aliphatic heterocycles. The number of fused-ring (bicyclic) bond motifs is 2. The lowest BCUT2D eigenvalue weighted by Gasteiger charge is -2.11. The van der Waals surface area contributed by atoms with Gasteiger partial charge in [0.25, 0.3) is 0 Å². The minimum atomic E-state index is -0.883. The molecule has 2 aromatic heterocycles. The van der Waals surface area contributed by atoms with E-state index in [1.54, 1.807) is 17.4 Å². The number of carboxylic acid groups (broad SMARTS) is 1. The molecule has 2 amide bonds. The molecule has 5 aromatic rings. The number of nitrogens with zero attached hydrogens (tertiary/aromatic N) is 1. The van der Waals surface area contributed by atoms with E-state index in [9.17, 15) is 14.7 Å². The Labute approximate surface area is 204 Å². The molecule has 0 aliphatic carbocycles. The number of halogens is 1. The molecular weight excluding hydrogens is 470 g/mol. The van der Waals surface area contributed by atoms with Crippen molar-refractivity contribution in [2.45, 2.75) is 13.0 Å². The molecule has 0 unspecified atom stereocenters. The highest BCUT2D eigenvalue weighted by Gasteiger charge is 2.15. The van der Waals surface area contributed by atoms with Crippen LogP contribution in [0.5, 0.6) is 0 Å². The van der Waals surface area contributed by atoms with Gasteiger partial charge in [0, 0.05) is 38.9 Å². The summed E-state index contributed by atoms with van der Waals surface area (Å²) in [7, 11) is 0. The lowest BCUT2D eigenvalue weighted by molar-refractivity contribution is -0.136. The van der Waals surface area contributed by atoms with Crippen LogP contribution in [0.4, 0.5) is 10.5 Å². The molecule has 0 bridgehead atoms. The van der Waals surface area contributed by atoms with Gasteiger partial charge in [-0.25, -0.2) is 4.79 Å². The number of carboxylic acids is 1. The predicted molar refractivity (Wildman–Crippen MR) is 138 cm³/mol. The average molecular weight is 490 g/mol. The third kappa shape index (κ3) is 4.23. The Morgan fingerprint density at radius 2 is 1.85 bits per heavy atom. The first kappa shape index (κ1) is 22.0. The summed E-state index contributed by atoms with van der Waals surface area (Å²) in [5.74, 6) is -0.883. The first-order valence-corrected chi connectivity index (χ1v) is 11.8. The second-order valence-corrected chi connectivity index (χ2v) is 9.37. The van der Waals surface area contributed by atoms with Gasteiger partial charge in [0.2, 0.25) is 0 Å². The highest BCUT2D eigenvalue weighted by atomic mass is 35.5. The molecule has 3 aromatic carbocycles. The largest absolute Gasteiger partial charge is 0.481 e. The van der Waals surface area contributed by atoms with Gasteiger partial charge in [-0.05, 0) is 57.8 Å². The number of thiophene rings is 1. The first-order valence-electron chi connectivity index (χ1n) is 10.5. The number of hydrogen-bond donors (Lipinski definition) is 3. The van der Waals surface area contributed by atoms with Gasteiger partial charge in [0.1, 0.15) is 0 Å². The predicted octanol–water partition coefficient (Wildman–Crippen LogP) is 6.34. The number of nitrogens with one attached hydrogen (secondary N) is 1. The number of nitrogens with two attached hydrogens (primary N) is 1. The second kappa shape index (κ2) is 8.85. The summed E-state index contributed by atoms with van der Waals surface area (Å²) in [6, 6.07) is 18.5. The van der Waals surface area contributed by atoms with E-state index in [2.05, 4.69) is 15.3 Å². The zero-order chi connectivity index (χ0) is 23.8. The lowest BCUT2D eigenvalue weighted by atomic mass is 10.0. The van der Waals surface area contributed by atoms with Crippen LogP contribution in [0.1, 0.15) is 11.1 Å². The SMILES string of the molecule is NC(=O)Nc1ccccc1-c1ccc2c(CC(=O)O)cn(Cc3csc4ccc(Cl)cc34)c2c1. The molecule has 0 radical (unpaired) electrons. The van der Waals surface area contributed by atoms with Crippen LogP contribution in [0.25, 0.3) is 32.1 Å². The molecule has 0 aliphatic rings. The van der Waals surface area contributed by atoms with Gasteiger partial charge in [0.05, 0.1) is 12.1 Å². The second-order valence-electron chi connectivity index (χ2n) is 8.02. The fourth-order valence-electron chi connectivity index (χ4n) is 4.31. The number of benzene rings is 3. The van der Waals surface area contributed by atoms with E-state index in [1.165, 1.54) is 0 Å². The van der Waals surface area contributed by atoms with Crippen LogP contribution in [0.2, 0.25) is 5.02 Å². The fourth-order valence-corrected chi connectivity index (χ4v) is 5.41. The van der Waals surface area contributed by atoms with Crippen molar-refractivity contribution in [1.29, 1.82) is 0 Å². The number of aliphatic carboxylic acids is 1. The van der Waals surface area contributed by atoms with E-state index in [4.69, 9.17) is 17.3 Å². The van der Waals surface area contributed by atoms with E-state index in [-0.39, 0.29) is 6.42 Å². The van der Waals surface area contributed by atoms with Crippen molar-refractivity contribution in [3.05, 3.63) is 88.4 Å². The van der Waals surface area contributed by atoms with E-state index >= 15 is 0 Å². The third-order valence-electron chi connectivity index (χ3n) is 5.76. The van der Waals surface area contributed by atoms with Crippen LogP contribution in [0, 0.1) is 0 Å². The maximum absolute atomic E-state index is 11.5. The lowest BCUT2D eigenvalue weighted by Crippen LogP contribution is -2.19. The van der Waals surface area contributed by atoms with Crippen LogP contribution < -0.4 is 11.1 Å². The van der Waals surface area contributed by atoms with Crippen molar-refractivity contribution in [3.8, 4) is 11.1 Å². The quantitative estimate of drug-likeness (QED) is 0.259. The van der Waals surface area contributed by atoms with Crippen molar-refractivity contribution in [1.82, 2.24) is 4.57 Å². The highest BCUT2D eigenvalue weighted by molar-refractivity contribution is 7.17. The van der Waals surface area contributed by atoms with Gasteiger partial charge < -0.3 is 20.7 Å². The molecule has 6 nitrogen and oxygen atoms in total. The highest BCUT2D eigenvalue weighted by Crippen LogP contribution is 2.34. The molecule has 2 heterocycles. The van der Waals surface area contributed by atoms with Gasteiger partial charge in [-0.2, -0.15) is 0 Å². The van der Waals surface area contributed by atoms with Crippen LogP contribution in [0.15, 0.2) is 72.2 Å². The van der Waals surface area contributed by atoms with Crippen LogP contribution in [-0.4, -0.2) is 21.7 Å². The Bertz CT molecular complexity index is 1570. The molecule has 8 heteroatoms. The Kier molecular flexibility index (Phi) is 5.73. The van der Waals surface area contributed by atoms with Crippen molar-refractivity contribution in [2.75, 3.05) is 5.32 Å². The Hall–Kier alpha value is -3.81. The number of aromatic nitrogens is 1. The number of para-hydroxylation sites is 1. The van der Waals surface area contributed by atoms with E-state index in [0.29, 0.717) is 17.3 Å². The topological polar surface area (TPSA) is 97.3 Å². The van der Waals surface area contributed by atoms with Crippen molar-refractivity contribution in [2.24, 2.45) is 5.73 Å². The van der Waals surface area contributed by atoms with E-state index in [0.717, 1.165) is 43.2 Å². The molecule has 5 rings (SSSR count). The number of carbonyl (C=O) groups is 2. The fraction of sp³-hybridized carbons (Fsp3) is 0.0769. The number of amides is 2. The molecule has 0 spiro atoms. The van der Waals surface area contributed by atoms with Crippen molar-refractivity contribution in [3.63, 3.8) is 0 Å². The van der Waals surface area contributed by atoms with Crippen LogP contribution >= 0.6 is 22.9 Å². The molecule has 4 N–H and O–H groups in total. The molecule has 0 saturated carbocycles. The third-order valence-corrected chi connectivity index (χ3v) is 7.01. The Balaban J connectivity index is 1.65. The average Bonchev–Trinajstić information content (AvgIpc) is 3.34. The van der Waals surface area contributed by atoms with E-state index in [1.807, 2.05) is 60.8 Å². The molecule has 0 fully saturated rings. The minimum Gasteiger partial charge on any atom is -0.481 e. The summed E-state index contributed by atoms with van der Waals surface area (Å²) in [6.45, 7) is 0.571. The maximum Gasteiger partial charge on any atom is 0.316 e. The molecule has 0 atom stereocenters. The molecule has 34 heavy (non-hydrogen) atoms.